The van der Waals surface area contributed by atoms with E-state index in [4.69, 9.17) is 0 Å². The minimum atomic E-state index is -3.72. The van der Waals surface area contributed by atoms with Gasteiger partial charge >= 0.3 is 5.97 Å². The number of carbonyl (C=O) groups excluding carboxylic acids is 1. The van der Waals surface area contributed by atoms with Crippen molar-refractivity contribution in [2.75, 3.05) is 12.4 Å². The van der Waals surface area contributed by atoms with Crippen LogP contribution in [-0.4, -0.2) is 32.9 Å². The molecule has 0 saturated carbocycles. The van der Waals surface area contributed by atoms with E-state index in [9.17, 15) is 13.2 Å². The lowest BCUT2D eigenvalue weighted by molar-refractivity contribution is -0.141. The number of methoxy groups -OCH3 is 1. The van der Waals surface area contributed by atoms with Crippen LogP contribution in [0.1, 0.15) is 5.56 Å². The van der Waals surface area contributed by atoms with Gasteiger partial charge in [-0.3, -0.25) is 4.79 Å². The Morgan fingerprint density at radius 2 is 1.94 bits per heavy atom. The van der Waals surface area contributed by atoms with Crippen molar-refractivity contribution in [3.8, 4) is 0 Å². The predicted octanol–water partition coefficient (Wildman–Crippen LogP) is 1.21. The van der Waals surface area contributed by atoms with Crippen molar-refractivity contribution in [1.82, 2.24) is 4.72 Å². The Bertz CT molecular complexity index is 512. The number of esters is 1. The van der Waals surface area contributed by atoms with Gasteiger partial charge in [0.2, 0.25) is 10.0 Å². The maximum atomic E-state index is 12.0. The highest BCUT2D eigenvalue weighted by atomic mass is 79.9. The molecule has 100 valence electrons. The van der Waals surface area contributed by atoms with Crippen LogP contribution in [0.25, 0.3) is 0 Å². The van der Waals surface area contributed by atoms with Crippen molar-refractivity contribution < 1.29 is 17.9 Å². The fourth-order valence-corrected chi connectivity index (χ4v) is 3.08. The standard InChI is InChI=1S/C11H14BrNO4S/c1-8-3-5-9(6-4-8)18(15,16)13-10(7-12)11(14)17-2/h3-6,10,13H,7H2,1-2H3/t10-/m0/s1. The molecule has 0 aromatic heterocycles. The van der Waals surface area contributed by atoms with E-state index in [0.29, 0.717) is 0 Å². The van der Waals surface area contributed by atoms with Crippen LogP contribution >= 0.6 is 15.9 Å². The fraction of sp³-hybridized carbons (Fsp3) is 0.364. The van der Waals surface area contributed by atoms with E-state index < -0.39 is 22.0 Å². The van der Waals surface area contributed by atoms with Crippen LogP contribution in [0.2, 0.25) is 0 Å². The van der Waals surface area contributed by atoms with Crippen molar-refractivity contribution in [3.63, 3.8) is 0 Å². The van der Waals surface area contributed by atoms with Crippen LogP contribution in [0.15, 0.2) is 29.2 Å². The summed E-state index contributed by atoms with van der Waals surface area (Å²) in [7, 11) is -2.52. The number of aryl methyl sites for hydroxylation is 1. The summed E-state index contributed by atoms with van der Waals surface area (Å²) in [6.07, 6.45) is 0. The van der Waals surface area contributed by atoms with Gasteiger partial charge in [-0.05, 0) is 19.1 Å². The van der Waals surface area contributed by atoms with E-state index in [0.717, 1.165) is 5.56 Å². The summed E-state index contributed by atoms with van der Waals surface area (Å²) in [5, 5.41) is 0.144. The molecular formula is C11H14BrNO4S. The molecule has 0 unspecified atom stereocenters. The molecule has 0 heterocycles. The molecule has 18 heavy (non-hydrogen) atoms. The van der Waals surface area contributed by atoms with E-state index in [1.807, 2.05) is 6.92 Å². The number of benzene rings is 1. The van der Waals surface area contributed by atoms with Crippen molar-refractivity contribution in [1.29, 1.82) is 0 Å². The normalized spacial score (nSPS) is 13.1. The van der Waals surface area contributed by atoms with E-state index in [1.54, 1.807) is 12.1 Å². The largest absolute Gasteiger partial charge is 0.468 e. The molecule has 0 spiro atoms. The summed E-state index contributed by atoms with van der Waals surface area (Å²) in [6, 6.07) is 5.41. The van der Waals surface area contributed by atoms with Gasteiger partial charge in [-0.15, -0.1) is 0 Å². The van der Waals surface area contributed by atoms with Crippen molar-refractivity contribution in [3.05, 3.63) is 29.8 Å². The molecule has 0 aliphatic heterocycles. The quantitative estimate of drug-likeness (QED) is 0.648. The third-order valence-electron chi connectivity index (χ3n) is 2.27. The molecule has 1 atom stereocenters. The molecule has 7 heteroatoms. The lowest BCUT2D eigenvalue weighted by Crippen LogP contribution is -2.42. The van der Waals surface area contributed by atoms with E-state index >= 15 is 0 Å². The Kier molecular flexibility index (Phi) is 5.30. The van der Waals surface area contributed by atoms with E-state index in [2.05, 4.69) is 25.4 Å². The average Bonchev–Trinajstić information content (AvgIpc) is 2.35. The number of hydrogen-bond donors (Lipinski definition) is 1. The Labute approximate surface area is 115 Å². The first-order chi connectivity index (χ1) is 8.40. The summed E-state index contributed by atoms with van der Waals surface area (Å²) < 4.78 is 30.8. The van der Waals surface area contributed by atoms with Gasteiger partial charge in [-0.25, -0.2) is 8.42 Å². The molecular weight excluding hydrogens is 322 g/mol. The highest BCUT2D eigenvalue weighted by Crippen LogP contribution is 2.11. The van der Waals surface area contributed by atoms with Gasteiger partial charge in [-0.2, -0.15) is 4.72 Å². The second-order valence-corrected chi connectivity index (χ2v) is 6.03. The molecule has 0 amide bonds. The highest BCUT2D eigenvalue weighted by molar-refractivity contribution is 9.09. The Morgan fingerprint density at radius 1 is 1.39 bits per heavy atom. The van der Waals surface area contributed by atoms with Gasteiger partial charge in [0, 0.05) is 5.33 Å². The second-order valence-electron chi connectivity index (χ2n) is 3.66. The van der Waals surface area contributed by atoms with Gasteiger partial charge < -0.3 is 4.74 Å². The predicted molar refractivity (Wildman–Crippen MR) is 71.1 cm³/mol. The van der Waals surface area contributed by atoms with Crippen molar-refractivity contribution in [2.45, 2.75) is 17.9 Å². The molecule has 1 N–H and O–H groups in total. The minimum Gasteiger partial charge on any atom is -0.468 e. The summed E-state index contributed by atoms with van der Waals surface area (Å²) in [5.74, 6) is -0.637. The zero-order chi connectivity index (χ0) is 13.8. The van der Waals surface area contributed by atoms with Gasteiger partial charge in [0.25, 0.3) is 0 Å². The summed E-state index contributed by atoms with van der Waals surface area (Å²) in [4.78, 5) is 11.4. The maximum absolute atomic E-state index is 12.0. The van der Waals surface area contributed by atoms with Gasteiger partial charge in [0.15, 0.2) is 0 Å². The first-order valence-corrected chi connectivity index (χ1v) is 7.74. The van der Waals surface area contributed by atoms with Gasteiger partial charge in [0.05, 0.1) is 12.0 Å². The summed E-state index contributed by atoms with van der Waals surface area (Å²) in [6.45, 7) is 1.86. The number of halogens is 1. The van der Waals surface area contributed by atoms with Crippen LogP contribution in [0.5, 0.6) is 0 Å². The number of ether oxygens (including phenoxy) is 1. The second kappa shape index (κ2) is 6.31. The van der Waals surface area contributed by atoms with Crippen LogP contribution in [0.4, 0.5) is 0 Å². The molecule has 0 fully saturated rings. The number of rotatable bonds is 5. The smallest absolute Gasteiger partial charge is 0.324 e. The summed E-state index contributed by atoms with van der Waals surface area (Å²) >= 11 is 3.07. The van der Waals surface area contributed by atoms with Crippen LogP contribution < -0.4 is 4.72 Å². The third-order valence-corrected chi connectivity index (χ3v) is 4.40. The number of nitrogens with one attached hydrogen (secondary N) is 1. The number of hydrogen-bond acceptors (Lipinski definition) is 4. The van der Waals surface area contributed by atoms with Crippen molar-refractivity contribution in [2.24, 2.45) is 0 Å². The maximum Gasteiger partial charge on any atom is 0.324 e. The molecule has 1 aromatic carbocycles. The first-order valence-electron chi connectivity index (χ1n) is 5.13. The first kappa shape index (κ1) is 15.1. The van der Waals surface area contributed by atoms with Crippen LogP contribution in [0.3, 0.4) is 0 Å². The molecule has 5 nitrogen and oxygen atoms in total. The van der Waals surface area contributed by atoms with Crippen LogP contribution in [-0.2, 0) is 19.6 Å². The van der Waals surface area contributed by atoms with E-state index in [1.165, 1.54) is 19.2 Å². The number of carbonyl (C=O) groups is 1. The lowest BCUT2D eigenvalue weighted by Gasteiger charge is -2.14. The molecule has 0 aliphatic carbocycles. The minimum absolute atomic E-state index is 0.114. The zero-order valence-electron chi connectivity index (χ0n) is 10.0. The average molecular weight is 336 g/mol. The molecule has 0 aliphatic rings. The van der Waals surface area contributed by atoms with E-state index in [-0.39, 0.29) is 10.2 Å². The monoisotopic (exact) mass is 335 g/mol. The molecule has 0 radical (unpaired) electrons. The molecule has 0 saturated heterocycles. The Balaban J connectivity index is 2.94. The summed E-state index contributed by atoms with van der Waals surface area (Å²) in [5.41, 5.74) is 0.957. The molecule has 1 aromatic rings. The lowest BCUT2D eigenvalue weighted by atomic mass is 10.2. The third kappa shape index (κ3) is 3.79. The number of sulfonamides is 1. The topological polar surface area (TPSA) is 72.5 Å². The van der Waals surface area contributed by atoms with Crippen LogP contribution in [0, 0.1) is 6.92 Å². The Hall–Kier alpha value is -0.920. The SMILES string of the molecule is COC(=O)[C@H](CBr)NS(=O)(=O)c1ccc(C)cc1. The van der Waals surface area contributed by atoms with Gasteiger partial charge in [0.1, 0.15) is 6.04 Å². The Morgan fingerprint density at radius 3 is 2.39 bits per heavy atom. The zero-order valence-corrected chi connectivity index (χ0v) is 12.4. The molecule has 0 bridgehead atoms. The molecule has 1 rings (SSSR count). The van der Waals surface area contributed by atoms with Crippen molar-refractivity contribution >= 4 is 31.9 Å². The van der Waals surface area contributed by atoms with Gasteiger partial charge in [-0.1, -0.05) is 33.6 Å². The highest BCUT2D eigenvalue weighted by Gasteiger charge is 2.25. The number of alkyl halides is 1. The fourth-order valence-electron chi connectivity index (χ4n) is 1.26.